The lowest BCUT2D eigenvalue weighted by Crippen LogP contribution is -2.50. The monoisotopic (exact) mass is 414 g/mol. The first-order chi connectivity index (χ1) is 14.6. The number of esters is 1. The third-order valence-electron chi connectivity index (χ3n) is 5.91. The summed E-state index contributed by atoms with van der Waals surface area (Å²) in [7, 11) is 0. The summed E-state index contributed by atoms with van der Waals surface area (Å²) < 4.78 is 5.43. The molecule has 30 heavy (non-hydrogen) atoms. The van der Waals surface area contributed by atoms with Gasteiger partial charge in [0.1, 0.15) is 0 Å². The van der Waals surface area contributed by atoms with Crippen molar-refractivity contribution in [3.8, 4) is 0 Å². The summed E-state index contributed by atoms with van der Waals surface area (Å²) >= 11 is 0. The van der Waals surface area contributed by atoms with Crippen molar-refractivity contribution >= 4 is 18.0 Å². The van der Waals surface area contributed by atoms with Crippen LogP contribution in [0.2, 0.25) is 0 Å². The zero-order valence-corrected chi connectivity index (χ0v) is 18.1. The van der Waals surface area contributed by atoms with Crippen LogP contribution in [0.15, 0.2) is 36.4 Å². The first kappa shape index (κ1) is 22.5. The first-order valence-corrected chi connectivity index (χ1v) is 11.2. The van der Waals surface area contributed by atoms with Crippen LogP contribution in [0.4, 0.5) is 0 Å². The number of piperidine rings is 1. The highest BCUT2D eigenvalue weighted by molar-refractivity contribution is 5.81. The maximum Gasteiger partial charge on any atom is 0.314 e. The lowest BCUT2D eigenvalue weighted by molar-refractivity contribution is -0.183. The third kappa shape index (κ3) is 6.16. The van der Waals surface area contributed by atoms with E-state index in [1.807, 2.05) is 59.4 Å². The normalized spacial score (nSPS) is 22.9. The Morgan fingerprint density at radius 1 is 1.17 bits per heavy atom. The fourth-order valence-corrected chi connectivity index (χ4v) is 4.23. The molecule has 2 fully saturated rings. The van der Waals surface area contributed by atoms with Crippen LogP contribution in [0.3, 0.4) is 0 Å². The predicted molar refractivity (Wildman–Crippen MR) is 116 cm³/mol. The largest absolute Gasteiger partial charge is 0.466 e. The molecule has 2 aliphatic rings. The molecule has 1 amide bonds. The molecular formula is C24H34N2O4. The Morgan fingerprint density at radius 3 is 2.73 bits per heavy atom. The molecule has 1 aromatic rings. The molecule has 0 aliphatic carbocycles. The number of hydrogen-bond donors (Lipinski definition) is 0. The number of ether oxygens (including phenoxy) is 1. The molecule has 1 atom stereocenters. The van der Waals surface area contributed by atoms with Crippen LogP contribution < -0.4 is 0 Å². The van der Waals surface area contributed by atoms with Crippen LogP contribution in [0.1, 0.15) is 51.0 Å². The Morgan fingerprint density at radius 2 is 2.00 bits per heavy atom. The average molecular weight is 415 g/mol. The SMILES string of the molecule is CCOC(=O)[C@]1(C/C=C/c2ccccc2)CCCN(C(=O)CCN2CCCCO2)C1. The molecule has 0 bridgehead atoms. The van der Waals surface area contributed by atoms with Crippen LogP contribution in [-0.2, 0) is 19.2 Å². The lowest BCUT2D eigenvalue weighted by Gasteiger charge is -2.40. The summed E-state index contributed by atoms with van der Waals surface area (Å²) in [6.07, 6.45) is 8.80. The number of hydrogen-bond acceptors (Lipinski definition) is 5. The molecule has 6 heteroatoms. The van der Waals surface area contributed by atoms with Gasteiger partial charge in [-0.3, -0.25) is 14.4 Å². The van der Waals surface area contributed by atoms with Crippen molar-refractivity contribution in [2.45, 2.75) is 45.4 Å². The van der Waals surface area contributed by atoms with Crippen molar-refractivity contribution in [3.05, 3.63) is 42.0 Å². The summed E-state index contributed by atoms with van der Waals surface area (Å²) in [6, 6.07) is 10.0. The van der Waals surface area contributed by atoms with Gasteiger partial charge in [0.05, 0.1) is 18.6 Å². The van der Waals surface area contributed by atoms with E-state index in [4.69, 9.17) is 9.57 Å². The first-order valence-electron chi connectivity index (χ1n) is 11.2. The third-order valence-corrected chi connectivity index (χ3v) is 5.91. The number of carbonyl (C=O) groups excluding carboxylic acids is 2. The van der Waals surface area contributed by atoms with Crippen molar-refractivity contribution in [1.82, 2.24) is 9.96 Å². The molecule has 2 aliphatic heterocycles. The average Bonchev–Trinajstić information content (AvgIpc) is 2.79. The second-order valence-electron chi connectivity index (χ2n) is 8.16. The van der Waals surface area contributed by atoms with Crippen molar-refractivity contribution in [2.24, 2.45) is 5.41 Å². The van der Waals surface area contributed by atoms with Gasteiger partial charge in [0.2, 0.25) is 5.91 Å². The van der Waals surface area contributed by atoms with Crippen LogP contribution >= 0.6 is 0 Å². The Bertz CT molecular complexity index is 715. The van der Waals surface area contributed by atoms with Crippen molar-refractivity contribution in [2.75, 3.05) is 39.4 Å². The molecule has 0 spiro atoms. The smallest absolute Gasteiger partial charge is 0.314 e. The molecule has 0 radical (unpaired) electrons. The van der Waals surface area contributed by atoms with Crippen molar-refractivity contribution < 1.29 is 19.2 Å². The van der Waals surface area contributed by atoms with Gasteiger partial charge in [0.25, 0.3) is 0 Å². The van der Waals surface area contributed by atoms with Crippen LogP contribution in [0.5, 0.6) is 0 Å². The quantitative estimate of drug-likeness (QED) is 0.608. The number of rotatable bonds is 8. The summed E-state index contributed by atoms with van der Waals surface area (Å²) in [4.78, 5) is 33.2. The summed E-state index contributed by atoms with van der Waals surface area (Å²) in [5.41, 5.74) is 0.429. The minimum atomic E-state index is -0.670. The molecule has 2 saturated heterocycles. The number of amides is 1. The Balaban J connectivity index is 1.63. The highest BCUT2D eigenvalue weighted by Crippen LogP contribution is 2.36. The molecule has 0 aromatic heterocycles. The Kier molecular flexibility index (Phi) is 8.46. The standard InChI is InChI=1S/C24H34N2O4/c1-2-29-23(28)24(14-8-12-21-10-4-3-5-11-21)15-9-16-25(20-24)22(27)13-18-26-17-6-7-19-30-26/h3-5,8,10-12H,2,6-7,9,13-20H2,1H3/b12-8+/t24-/m1/s1. The maximum atomic E-state index is 12.9. The van der Waals surface area contributed by atoms with E-state index in [1.54, 1.807) is 0 Å². The predicted octanol–water partition coefficient (Wildman–Crippen LogP) is 3.68. The van der Waals surface area contributed by atoms with Gasteiger partial charge in [-0.15, -0.1) is 0 Å². The zero-order chi connectivity index (χ0) is 21.2. The Labute approximate surface area is 179 Å². The summed E-state index contributed by atoms with van der Waals surface area (Å²) in [6.45, 7) is 5.52. The molecule has 0 saturated carbocycles. The molecular weight excluding hydrogens is 380 g/mol. The highest BCUT2D eigenvalue weighted by Gasteiger charge is 2.43. The minimum Gasteiger partial charge on any atom is -0.466 e. The molecule has 3 rings (SSSR count). The van der Waals surface area contributed by atoms with Gasteiger partial charge in [-0.1, -0.05) is 42.5 Å². The van der Waals surface area contributed by atoms with E-state index in [0.29, 0.717) is 39.1 Å². The molecule has 0 unspecified atom stereocenters. The second kappa shape index (κ2) is 11.3. The Hall–Kier alpha value is -2.18. The number of likely N-dealkylation sites (tertiary alicyclic amines) is 1. The fraction of sp³-hybridized carbons (Fsp3) is 0.583. The summed E-state index contributed by atoms with van der Waals surface area (Å²) in [5, 5.41) is 1.90. The number of hydroxylamine groups is 2. The zero-order valence-electron chi connectivity index (χ0n) is 18.1. The van der Waals surface area contributed by atoms with Gasteiger partial charge in [0.15, 0.2) is 0 Å². The maximum absolute atomic E-state index is 12.9. The molecule has 1 aromatic carbocycles. The van der Waals surface area contributed by atoms with E-state index in [9.17, 15) is 9.59 Å². The molecule has 2 heterocycles. The molecule has 0 N–H and O–H groups in total. The van der Waals surface area contributed by atoms with Crippen LogP contribution in [0.25, 0.3) is 6.08 Å². The van der Waals surface area contributed by atoms with Crippen LogP contribution in [0, 0.1) is 5.41 Å². The van der Waals surface area contributed by atoms with E-state index >= 15 is 0 Å². The summed E-state index contributed by atoms with van der Waals surface area (Å²) in [5.74, 6) is -0.107. The van der Waals surface area contributed by atoms with Gasteiger partial charge >= 0.3 is 5.97 Å². The van der Waals surface area contributed by atoms with Gasteiger partial charge in [-0.05, 0) is 44.6 Å². The number of allylic oxidation sites excluding steroid dienone is 1. The van der Waals surface area contributed by atoms with E-state index in [0.717, 1.165) is 44.4 Å². The number of benzene rings is 1. The van der Waals surface area contributed by atoms with Gasteiger partial charge in [0, 0.05) is 32.6 Å². The van der Waals surface area contributed by atoms with Crippen LogP contribution in [-0.4, -0.2) is 61.2 Å². The van der Waals surface area contributed by atoms with Crippen molar-refractivity contribution in [3.63, 3.8) is 0 Å². The van der Waals surface area contributed by atoms with Gasteiger partial charge < -0.3 is 9.64 Å². The van der Waals surface area contributed by atoms with E-state index in [-0.39, 0.29) is 11.9 Å². The van der Waals surface area contributed by atoms with Crippen molar-refractivity contribution in [1.29, 1.82) is 0 Å². The van der Waals surface area contributed by atoms with E-state index < -0.39 is 5.41 Å². The molecule has 164 valence electrons. The lowest BCUT2D eigenvalue weighted by atomic mass is 9.76. The highest BCUT2D eigenvalue weighted by atomic mass is 16.7. The minimum absolute atomic E-state index is 0.0876. The van der Waals surface area contributed by atoms with Gasteiger partial charge in [-0.2, -0.15) is 5.06 Å². The molecule has 6 nitrogen and oxygen atoms in total. The topological polar surface area (TPSA) is 59.1 Å². The van der Waals surface area contributed by atoms with E-state index in [2.05, 4.69) is 0 Å². The second-order valence-corrected chi connectivity index (χ2v) is 8.16. The fourth-order valence-electron chi connectivity index (χ4n) is 4.23. The number of carbonyl (C=O) groups is 2. The number of nitrogens with zero attached hydrogens (tertiary/aromatic N) is 2. The van der Waals surface area contributed by atoms with Gasteiger partial charge in [-0.25, -0.2) is 0 Å². The van der Waals surface area contributed by atoms with E-state index in [1.165, 1.54) is 0 Å².